The van der Waals surface area contributed by atoms with Crippen molar-refractivity contribution in [3.8, 4) is 5.69 Å². The fraction of sp³-hybridized carbons (Fsp3) is 0.433. The molecule has 0 spiro atoms. The molecule has 1 aromatic heterocycles. The summed E-state index contributed by atoms with van der Waals surface area (Å²) in [4.78, 5) is 28.4. The monoisotopic (exact) mass is 536 g/mol. The first-order valence-electron chi connectivity index (χ1n) is 13.0. The van der Waals surface area contributed by atoms with Crippen molar-refractivity contribution in [3.63, 3.8) is 0 Å². The van der Waals surface area contributed by atoms with Gasteiger partial charge in [-0.25, -0.2) is 9.07 Å². The number of carbonyl (C=O) groups is 2. The van der Waals surface area contributed by atoms with Crippen LogP contribution in [0.2, 0.25) is 0 Å². The van der Waals surface area contributed by atoms with Crippen molar-refractivity contribution in [2.24, 2.45) is 5.92 Å². The zero-order chi connectivity index (χ0) is 27.8. The minimum absolute atomic E-state index is 0.0365. The molecule has 0 fully saturated rings. The summed E-state index contributed by atoms with van der Waals surface area (Å²) in [6.45, 7) is 14.2. The summed E-state index contributed by atoms with van der Waals surface area (Å²) in [6, 6.07) is 14.4. The molecule has 6 nitrogen and oxygen atoms in total. The Morgan fingerprint density at radius 1 is 1.16 bits per heavy atom. The molecule has 2 amide bonds. The molecule has 1 N–H and O–H groups in total. The summed E-state index contributed by atoms with van der Waals surface area (Å²) in [5.74, 6) is 0.232. The van der Waals surface area contributed by atoms with E-state index in [1.165, 1.54) is 23.9 Å². The second-order valence-corrected chi connectivity index (χ2v) is 12.5. The number of thioether (sulfide) groups is 1. The molecule has 0 aliphatic carbocycles. The van der Waals surface area contributed by atoms with E-state index >= 15 is 0 Å². The van der Waals surface area contributed by atoms with Crippen LogP contribution in [0, 0.1) is 18.7 Å². The van der Waals surface area contributed by atoms with E-state index in [1.807, 2.05) is 58.0 Å². The van der Waals surface area contributed by atoms with Gasteiger partial charge in [0.05, 0.1) is 22.4 Å². The Morgan fingerprint density at radius 3 is 2.45 bits per heavy atom. The summed E-state index contributed by atoms with van der Waals surface area (Å²) in [5.41, 5.74) is 3.93. The van der Waals surface area contributed by atoms with Gasteiger partial charge >= 0.3 is 0 Å². The highest BCUT2D eigenvalue weighted by atomic mass is 32.2. The highest BCUT2D eigenvalue weighted by Crippen LogP contribution is 2.48. The normalized spacial score (nSPS) is 16.8. The van der Waals surface area contributed by atoms with Crippen LogP contribution in [-0.4, -0.2) is 39.9 Å². The first kappa shape index (κ1) is 27.9. The molecule has 2 aromatic carbocycles. The molecule has 8 heteroatoms. The lowest BCUT2D eigenvalue weighted by Gasteiger charge is -2.25. The molecular formula is C30H37FN4O2S. The molecule has 0 saturated heterocycles. The van der Waals surface area contributed by atoms with Gasteiger partial charge in [0.15, 0.2) is 0 Å². The van der Waals surface area contributed by atoms with E-state index in [-0.39, 0.29) is 52.6 Å². The SMILES string of the molecule is Cc1ccc(-n2nc(C(C)(C)C)c3c2N(CC(=O)NC(C)C(C)C)C(=O)CSC3c2cccc(F)c2)cc1. The van der Waals surface area contributed by atoms with Gasteiger partial charge in [-0.15, -0.1) is 11.8 Å². The number of aromatic nitrogens is 2. The molecule has 2 heterocycles. The fourth-order valence-electron chi connectivity index (χ4n) is 4.48. The first-order valence-corrected chi connectivity index (χ1v) is 14.1. The van der Waals surface area contributed by atoms with Crippen LogP contribution in [0.1, 0.15) is 69.2 Å². The third-order valence-corrected chi connectivity index (χ3v) is 8.17. The van der Waals surface area contributed by atoms with Crippen LogP contribution in [-0.2, 0) is 15.0 Å². The third-order valence-electron chi connectivity index (χ3n) is 6.92. The van der Waals surface area contributed by atoms with E-state index in [0.717, 1.165) is 28.1 Å². The standard InChI is InChI=1S/C30H37FN4O2S/c1-18(2)20(4)32-24(36)16-34-25(37)17-38-27(21-9-8-10-22(31)15-21)26-28(30(5,6)7)33-35(29(26)34)23-13-11-19(3)12-14-23/h8-15,18,20,27H,16-17H2,1-7H3,(H,32,36). The van der Waals surface area contributed by atoms with Crippen LogP contribution < -0.4 is 10.2 Å². The molecule has 0 radical (unpaired) electrons. The van der Waals surface area contributed by atoms with Crippen LogP contribution in [0.3, 0.4) is 0 Å². The lowest BCUT2D eigenvalue weighted by molar-refractivity contribution is -0.123. The van der Waals surface area contributed by atoms with Crippen LogP contribution in [0.25, 0.3) is 5.69 Å². The van der Waals surface area contributed by atoms with Crippen LogP contribution in [0.15, 0.2) is 48.5 Å². The number of benzene rings is 2. The average Bonchev–Trinajstić information content (AvgIpc) is 3.17. The lowest BCUT2D eigenvalue weighted by atomic mass is 9.87. The second-order valence-electron chi connectivity index (χ2n) is 11.4. The Balaban J connectivity index is 1.96. The van der Waals surface area contributed by atoms with Crippen molar-refractivity contribution < 1.29 is 14.0 Å². The summed E-state index contributed by atoms with van der Waals surface area (Å²) in [5, 5.41) is 7.77. The number of hydrogen-bond donors (Lipinski definition) is 1. The van der Waals surface area contributed by atoms with E-state index in [2.05, 4.69) is 26.1 Å². The molecular weight excluding hydrogens is 499 g/mol. The predicted molar refractivity (Wildman–Crippen MR) is 152 cm³/mol. The number of nitrogens with zero attached hydrogens (tertiary/aromatic N) is 3. The number of anilines is 1. The topological polar surface area (TPSA) is 67.2 Å². The molecule has 202 valence electrons. The largest absolute Gasteiger partial charge is 0.352 e. The van der Waals surface area contributed by atoms with Crippen molar-refractivity contribution >= 4 is 29.4 Å². The second kappa shape index (κ2) is 10.9. The lowest BCUT2D eigenvalue weighted by Crippen LogP contribution is -2.46. The summed E-state index contributed by atoms with van der Waals surface area (Å²) in [7, 11) is 0. The van der Waals surface area contributed by atoms with Crippen molar-refractivity contribution in [3.05, 3.63) is 76.7 Å². The van der Waals surface area contributed by atoms with Crippen molar-refractivity contribution in [1.82, 2.24) is 15.1 Å². The average molecular weight is 537 g/mol. The minimum atomic E-state index is -0.375. The first-order chi connectivity index (χ1) is 17.9. The molecule has 3 aromatic rings. The fourth-order valence-corrected chi connectivity index (χ4v) is 5.67. The number of fused-ring (bicyclic) bond motifs is 1. The van der Waals surface area contributed by atoms with Crippen LogP contribution in [0.4, 0.5) is 10.2 Å². The zero-order valence-electron chi connectivity index (χ0n) is 23.2. The van der Waals surface area contributed by atoms with Crippen molar-refractivity contribution in [2.45, 2.75) is 65.2 Å². The molecule has 1 aliphatic heterocycles. The molecule has 4 rings (SSSR count). The number of carbonyl (C=O) groups excluding carboxylic acids is 2. The Labute approximate surface area is 229 Å². The molecule has 0 bridgehead atoms. The minimum Gasteiger partial charge on any atom is -0.352 e. The van der Waals surface area contributed by atoms with Gasteiger partial charge in [0.1, 0.15) is 18.2 Å². The number of aryl methyl sites for hydroxylation is 1. The Morgan fingerprint density at radius 2 is 1.84 bits per heavy atom. The smallest absolute Gasteiger partial charge is 0.240 e. The maximum absolute atomic E-state index is 14.4. The van der Waals surface area contributed by atoms with Crippen LogP contribution >= 0.6 is 11.8 Å². The summed E-state index contributed by atoms with van der Waals surface area (Å²) >= 11 is 1.44. The number of nitrogens with one attached hydrogen (secondary N) is 1. The van der Waals surface area contributed by atoms with E-state index in [0.29, 0.717) is 5.82 Å². The quantitative estimate of drug-likeness (QED) is 0.423. The van der Waals surface area contributed by atoms with Crippen molar-refractivity contribution in [1.29, 1.82) is 0 Å². The number of halogens is 1. The molecule has 1 aliphatic rings. The van der Waals surface area contributed by atoms with Gasteiger partial charge in [0.25, 0.3) is 0 Å². The highest BCUT2D eigenvalue weighted by Gasteiger charge is 2.40. The zero-order valence-corrected chi connectivity index (χ0v) is 24.0. The van der Waals surface area contributed by atoms with Crippen molar-refractivity contribution in [2.75, 3.05) is 17.2 Å². The van der Waals surface area contributed by atoms with E-state index in [4.69, 9.17) is 5.10 Å². The third kappa shape index (κ3) is 5.80. The van der Waals surface area contributed by atoms with E-state index in [1.54, 1.807) is 15.6 Å². The van der Waals surface area contributed by atoms with Crippen LogP contribution in [0.5, 0.6) is 0 Å². The number of rotatable bonds is 6. The van der Waals surface area contributed by atoms with Gasteiger partial charge in [-0.2, -0.15) is 5.10 Å². The van der Waals surface area contributed by atoms with Gasteiger partial charge in [-0.1, -0.05) is 64.4 Å². The highest BCUT2D eigenvalue weighted by molar-refractivity contribution is 8.00. The predicted octanol–water partition coefficient (Wildman–Crippen LogP) is 5.95. The molecule has 0 saturated carbocycles. The maximum Gasteiger partial charge on any atom is 0.240 e. The van der Waals surface area contributed by atoms with Gasteiger partial charge in [0, 0.05) is 17.0 Å². The number of amides is 2. The molecule has 38 heavy (non-hydrogen) atoms. The molecule has 2 atom stereocenters. The Hall–Kier alpha value is -3.13. The maximum atomic E-state index is 14.4. The Kier molecular flexibility index (Phi) is 8.02. The van der Waals surface area contributed by atoms with E-state index in [9.17, 15) is 14.0 Å². The van der Waals surface area contributed by atoms with Gasteiger partial charge in [-0.05, 0) is 49.6 Å². The van der Waals surface area contributed by atoms with Gasteiger partial charge < -0.3 is 5.32 Å². The Bertz CT molecular complexity index is 1330. The van der Waals surface area contributed by atoms with Gasteiger partial charge in [0.2, 0.25) is 11.8 Å². The van der Waals surface area contributed by atoms with E-state index < -0.39 is 0 Å². The summed E-state index contributed by atoms with van der Waals surface area (Å²) in [6.07, 6.45) is 0. The summed E-state index contributed by atoms with van der Waals surface area (Å²) < 4.78 is 16.2. The number of hydrogen-bond acceptors (Lipinski definition) is 4. The van der Waals surface area contributed by atoms with Gasteiger partial charge in [-0.3, -0.25) is 14.5 Å². The molecule has 2 unspecified atom stereocenters.